The van der Waals surface area contributed by atoms with Gasteiger partial charge in [-0.25, -0.2) is 0 Å². The van der Waals surface area contributed by atoms with Crippen LogP contribution in [0.3, 0.4) is 0 Å². The first-order chi connectivity index (χ1) is 19.7. The molecule has 0 fully saturated rings. The van der Waals surface area contributed by atoms with E-state index in [2.05, 4.69) is 24.5 Å². The molecule has 15 heteroatoms. The van der Waals surface area contributed by atoms with E-state index in [1.54, 1.807) is 42.7 Å². The van der Waals surface area contributed by atoms with E-state index in [-0.39, 0.29) is 11.9 Å². The molecule has 244 valence electrons. The average Bonchev–Trinajstić information content (AvgIpc) is 3.00. The quantitative estimate of drug-likeness (QED) is 0.0562. The number of likely N-dealkylation sites (N-methyl/N-ethyl adjacent to an activating group) is 1. The van der Waals surface area contributed by atoms with Crippen molar-refractivity contribution in [2.24, 2.45) is 0 Å². The molecule has 0 aromatic rings. The first-order valence-electron chi connectivity index (χ1n) is 14.6. The third kappa shape index (κ3) is 16.4. The highest BCUT2D eigenvalue weighted by molar-refractivity contribution is 6.60. The summed E-state index contributed by atoms with van der Waals surface area (Å²) in [5.41, 5.74) is 0. The van der Waals surface area contributed by atoms with Gasteiger partial charge in [-0.05, 0) is 39.8 Å². The van der Waals surface area contributed by atoms with E-state index in [0.717, 1.165) is 39.0 Å². The van der Waals surface area contributed by atoms with Gasteiger partial charge in [-0.1, -0.05) is 0 Å². The molecule has 2 N–H and O–H groups in total. The van der Waals surface area contributed by atoms with E-state index in [4.69, 9.17) is 36.0 Å². The monoisotopic (exact) mass is 628 g/mol. The third-order valence-electron chi connectivity index (χ3n) is 7.55. The second kappa shape index (κ2) is 23.5. The largest absolute Gasteiger partial charge is 0.500 e. The molecule has 0 atom stereocenters. The van der Waals surface area contributed by atoms with Gasteiger partial charge in [0.25, 0.3) is 0 Å². The minimum absolute atomic E-state index is 0.226. The molecule has 41 heavy (non-hydrogen) atoms. The summed E-state index contributed by atoms with van der Waals surface area (Å²) >= 11 is 0. The Morgan fingerprint density at radius 2 is 0.927 bits per heavy atom. The predicted octanol–water partition coefficient (Wildman–Crippen LogP) is 1.43. The Morgan fingerprint density at radius 3 is 1.22 bits per heavy atom. The Labute approximate surface area is 250 Å². The van der Waals surface area contributed by atoms with E-state index in [1.165, 1.54) is 0 Å². The maximum Gasteiger partial charge on any atom is 0.500 e. The summed E-state index contributed by atoms with van der Waals surface area (Å²) < 4.78 is 44.1. The number of esters is 2. The zero-order chi connectivity index (χ0) is 31.0. The molecule has 0 unspecified atom stereocenters. The van der Waals surface area contributed by atoms with Crippen molar-refractivity contribution in [3.05, 3.63) is 0 Å². The van der Waals surface area contributed by atoms with Crippen molar-refractivity contribution in [1.29, 1.82) is 0 Å². The summed E-state index contributed by atoms with van der Waals surface area (Å²) in [4.78, 5) is 24.4. The van der Waals surface area contributed by atoms with Crippen molar-refractivity contribution in [3.63, 3.8) is 0 Å². The fourth-order valence-electron chi connectivity index (χ4n) is 4.42. The first-order valence-corrected chi connectivity index (χ1v) is 18.4. The molecule has 0 aromatic heterocycles. The summed E-state index contributed by atoms with van der Waals surface area (Å²) in [6.45, 7) is 10.5. The third-order valence-corrected chi connectivity index (χ3v) is 13.2. The van der Waals surface area contributed by atoms with Gasteiger partial charge in [0.05, 0.1) is 25.9 Å². The molecule has 0 aliphatic heterocycles. The molecule has 0 saturated heterocycles. The number of carbonyl (C=O) groups is 2. The van der Waals surface area contributed by atoms with Crippen molar-refractivity contribution in [3.8, 4) is 0 Å². The SMILES string of the molecule is CC[N+](CC)(CCOC(=O)CCNCCC[Si](OC)(OC)OC)CCOC(=O)CCNCCC[Si](OC)(OC)OC. The zero-order valence-electron chi connectivity index (χ0n) is 26.8. The summed E-state index contributed by atoms with van der Waals surface area (Å²) in [7, 11) is 4.50. The van der Waals surface area contributed by atoms with Gasteiger partial charge < -0.3 is 51.1 Å². The number of ether oxygens (including phenoxy) is 2. The molecule has 0 spiro atoms. The lowest BCUT2D eigenvalue weighted by atomic mass is 10.3. The Bertz CT molecular complexity index is 613. The normalized spacial score (nSPS) is 12.5. The lowest BCUT2D eigenvalue weighted by molar-refractivity contribution is -0.925. The van der Waals surface area contributed by atoms with E-state index >= 15 is 0 Å². The van der Waals surface area contributed by atoms with Gasteiger partial charge >= 0.3 is 29.5 Å². The topological polar surface area (TPSA) is 132 Å². The summed E-state index contributed by atoms with van der Waals surface area (Å²) in [5, 5.41) is 6.50. The number of hydrogen-bond donors (Lipinski definition) is 2. The molecule has 0 aliphatic rings. The highest BCUT2D eigenvalue weighted by atomic mass is 28.4. The van der Waals surface area contributed by atoms with Gasteiger partial charge in [0.15, 0.2) is 0 Å². The van der Waals surface area contributed by atoms with Gasteiger partial charge in [0.2, 0.25) is 0 Å². The Hall–Kier alpha value is -0.986. The van der Waals surface area contributed by atoms with Crippen LogP contribution in [0.4, 0.5) is 0 Å². The highest BCUT2D eigenvalue weighted by Crippen LogP contribution is 2.15. The molecule has 0 bridgehead atoms. The fraction of sp³-hybridized carbons (Fsp3) is 0.923. The van der Waals surface area contributed by atoms with Crippen LogP contribution in [-0.4, -0.2) is 142 Å². The van der Waals surface area contributed by atoms with Crippen LogP contribution in [-0.2, 0) is 45.6 Å². The molecule has 0 heterocycles. The number of rotatable bonds is 28. The van der Waals surface area contributed by atoms with E-state index in [1.807, 2.05) is 0 Å². The van der Waals surface area contributed by atoms with Gasteiger partial charge in [0.1, 0.15) is 26.3 Å². The van der Waals surface area contributed by atoms with Crippen LogP contribution in [0.15, 0.2) is 0 Å². The minimum atomic E-state index is -2.55. The lowest BCUT2D eigenvalue weighted by Crippen LogP contribution is -2.52. The number of carbonyl (C=O) groups excluding carboxylic acids is 2. The molecule has 0 rings (SSSR count). The second-order valence-corrected chi connectivity index (χ2v) is 15.8. The van der Waals surface area contributed by atoms with E-state index in [9.17, 15) is 9.59 Å². The van der Waals surface area contributed by atoms with Crippen molar-refractivity contribution in [1.82, 2.24) is 10.6 Å². The van der Waals surface area contributed by atoms with Gasteiger partial charge in [-0.2, -0.15) is 0 Å². The van der Waals surface area contributed by atoms with Crippen molar-refractivity contribution < 1.29 is 50.1 Å². The first kappa shape index (κ1) is 40.0. The van der Waals surface area contributed by atoms with Crippen molar-refractivity contribution in [2.45, 2.75) is 51.6 Å². The highest BCUT2D eigenvalue weighted by Gasteiger charge is 2.37. The van der Waals surface area contributed by atoms with Crippen LogP contribution in [0, 0.1) is 0 Å². The van der Waals surface area contributed by atoms with Crippen LogP contribution in [0.25, 0.3) is 0 Å². The summed E-state index contributed by atoms with van der Waals surface area (Å²) in [6.07, 6.45) is 2.26. The molecular weight excluding hydrogens is 570 g/mol. The van der Waals surface area contributed by atoms with Crippen molar-refractivity contribution in [2.75, 3.05) is 108 Å². The van der Waals surface area contributed by atoms with Gasteiger partial charge in [-0.15, -0.1) is 0 Å². The maximum atomic E-state index is 12.2. The van der Waals surface area contributed by atoms with Gasteiger partial charge in [0, 0.05) is 67.8 Å². The lowest BCUT2D eigenvalue weighted by Gasteiger charge is -2.36. The Kier molecular flexibility index (Phi) is 22.9. The van der Waals surface area contributed by atoms with E-state index < -0.39 is 17.6 Å². The van der Waals surface area contributed by atoms with Crippen LogP contribution in [0.1, 0.15) is 39.5 Å². The van der Waals surface area contributed by atoms with Crippen molar-refractivity contribution >= 4 is 29.5 Å². The van der Waals surface area contributed by atoms with Crippen LogP contribution in [0.2, 0.25) is 12.1 Å². The predicted molar refractivity (Wildman–Crippen MR) is 160 cm³/mol. The zero-order valence-corrected chi connectivity index (χ0v) is 28.8. The Balaban J connectivity index is 4.12. The molecule has 13 nitrogen and oxygen atoms in total. The fourth-order valence-corrected chi connectivity index (χ4v) is 7.87. The van der Waals surface area contributed by atoms with E-state index in [0.29, 0.717) is 68.8 Å². The maximum absolute atomic E-state index is 12.2. The smallest absolute Gasteiger partial charge is 0.460 e. The van der Waals surface area contributed by atoms with Gasteiger partial charge in [-0.3, -0.25) is 9.59 Å². The van der Waals surface area contributed by atoms with Crippen LogP contribution >= 0.6 is 0 Å². The minimum Gasteiger partial charge on any atom is -0.460 e. The van der Waals surface area contributed by atoms with Crippen LogP contribution in [0.5, 0.6) is 0 Å². The average molecular weight is 629 g/mol. The number of quaternary nitrogens is 1. The molecule has 0 saturated carbocycles. The number of nitrogens with one attached hydrogen (secondary N) is 2. The number of hydrogen-bond acceptors (Lipinski definition) is 12. The molecule has 0 amide bonds. The molecule has 0 aliphatic carbocycles. The standard InChI is InChI=1S/C26H58N3O10Si2/c1-9-29(10-2,19-21-38-25(30)13-17-27-15-11-23-40(32-3,33-4)34-5)20-22-39-26(31)14-18-28-16-12-24-41(35-6,36-7)37-8/h27-28H,9-24H2,1-8H3/q+1. The molecule has 0 radical (unpaired) electrons. The number of nitrogens with zero attached hydrogens (tertiary/aromatic N) is 1. The summed E-state index contributed by atoms with van der Waals surface area (Å²) in [5.74, 6) is -0.452. The Morgan fingerprint density at radius 1 is 0.585 bits per heavy atom. The molecular formula is C26H58N3O10Si2+. The second-order valence-electron chi connectivity index (χ2n) is 9.66. The summed E-state index contributed by atoms with van der Waals surface area (Å²) in [6, 6.07) is 1.41. The molecule has 0 aromatic carbocycles. The van der Waals surface area contributed by atoms with Crippen LogP contribution < -0.4 is 10.6 Å².